The number of aryl methyl sites for hydroxylation is 1. The van der Waals surface area contributed by atoms with Crippen molar-refractivity contribution in [3.63, 3.8) is 0 Å². The van der Waals surface area contributed by atoms with Crippen LogP contribution in [0.4, 0.5) is 4.39 Å². The summed E-state index contributed by atoms with van der Waals surface area (Å²) in [5, 5.41) is 2.72. The largest absolute Gasteiger partial charge is 0.457 e. The third-order valence-electron chi connectivity index (χ3n) is 5.53. The molecule has 0 atom stereocenters. The van der Waals surface area contributed by atoms with Gasteiger partial charge in [-0.3, -0.25) is 14.6 Å². The summed E-state index contributed by atoms with van der Waals surface area (Å²) in [6.45, 7) is 2.64. The number of rotatable bonds is 10. The number of ether oxygens (including phenoxy) is 1. The van der Waals surface area contributed by atoms with Crippen LogP contribution in [0.1, 0.15) is 27.0 Å². The molecular formula is C28H27FN4O3. The normalized spacial score (nSPS) is 10.8. The van der Waals surface area contributed by atoms with E-state index in [1.807, 2.05) is 19.1 Å². The Morgan fingerprint density at radius 3 is 2.61 bits per heavy atom. The van der Waals surface area contributed by atoms with Crippen LogP contribution in [0.3, 0.4) is 0 Å². The maximum atomic E-state index is 13.9. The number of aromatic nitrogens is 2. The first-order valence-corrected chi connectivity index (χ1v) is 11.6. The summed E-state index contributed by atoms with van der Waals surface area (Å²) < 4.78 is 19.9. The van der Waals surface area contributed by atoms with Gasteiger partial charge in [-0.05, 0) is 48.4 Å². The lowest BCUT2D eigenvalue weighted by atomic mass is 10.0. The summed E-state index contributed by atoms with van der Waals surface area (Å²) >= 11 is 0. The van der Waals surface area contributed by atoms with E-state index in [0.717, 1.165) is 11.1 Å². The zero-order valence-electron chi connectivity index (χ0n) is 19.9. The minimum Gasteiger partial charge on any atom is -0.457 e. The van der Waals surface area contributed by atoms with Crippen LogP contribution in [0.15, 0.2) is 73.1 Å². The maximum Gasteiger partial charge on any atom is 0.252 e. The van der Waals surface area contributed by atoms with Gasteiger partial charge < -0.3 is 20.8 Å². The van der Waals surface area contributed by atoms with Gasteiger partial charge >= 0.3 is 0 Å². The molecule has 0 saturated heterocycles. The Morgan fingerprint density at radius 2 is 1.83 bits per heavy atom. The van der Waals surface area contributed by atoms with Crippen molar-refractivity contribution >= 4 is 11.7 Å². The van der Waals surface area contributed by atoms with Crippen molar-refractivity contribution in [2.75, 3.05) is 13.1 Å². The van der Waals surface area contributed by atoms with E-state index >= 15 is 0 Å². The number of H-pyrrole nitrogens is 1. The van der Waals surface area contributed by atoms with Crippen molar-refractivity contribution in [1.29, 1.82) is 0 Å². The molecule has 2 aromatic carbocycles. The first kappa shape index (κ1) is 24.8. The average molecular weight is 487 g/mol. The first-order valence-electron chi connectivity index (χ1n) is 11.6. The molecule has 0 aliphatic carbocycles. The molecule has 4 aromatic rings. The predicted octanol–water partition coefficient (Wildman–Crippen LogP) is 4.36. The molecule has 184 valence electrons. The number of hydrogen-bond donors (Lipinski definition) is 3. The highest BCUT2D eigenvalue weighted by atomic mass is 19.1. The number of carbonyl (C=O) groups excluding carboxylic acids is 2. The fraction of sp³-hybridized carbons (Fsp3) is 0.179. The highest BCUT2D eigenvalue weighted by Gasteiger charge is 2.12. The van der Waals surface area contributed by atoms with Crippen LogP contribution in [-0.2, 0) is 17.6 Å². The second-order valence-corrected chi connectivity index (χ2v) is 8.46. The molecule has 4 N–H and O–H groups in total. The van der Waals surface area contributed by atoms with Crippen LogP contribution in [-0.4, -0.2) is 34.7 Å². The fourth-order valence-corrected chi connectivity index (χ4v) is 3.74. The van der Waals surface area contributed by atoms with E-state index in [-0.39, 0.29) is 30.3 Å². The second kappa shape index (κ2) is 11.4. The van der Waals surface area contributed by atoms with Crippen LogP contribution in [0, 0.1) is 12.7 Å². The van der Waals surface area contributed by atoms with Crippen molar-refractivity contribution in [3.05, 3.63) is 101 Å². The molecule has 0 aliphatic rings. The lowest BCUT2D eigenvalue weighted by Crippen LogP contribution is -2.28. The van der Waals surface area contributed by atoms with E-state index in [1.54, 1.807) is 54.9 Å². The highest BCUT2D eigenvalue weighted by molar-refractivity contribution is 5.95. The Labute approximate surface area is 208 Å². The van der Waals surface area contributed by atoms with E-state index in [1.165, 1.54) is 6.07 Å². The monoisotopic (exact) mass is 486 g/mol. The number of benzene rings is 2. The molecule has 0 unspecified atom stereocenters. The molecule has 0 aliphatic heterocycles. The standard InChI is InChI=1S/C28H27FN4O3/c1-18-2-7-25(29)20(12-18)14-22(34)13-19-3-5-23(6-4-19)36-24-8-10-31-27(16-24)26-15-21(17-33-26)28(35)32-11-9-30/h2-8,10,12,15-17,33H,9,11,13-14,30H2,1H3,(H,32,35). The quantitative estimate of drug-likeness (QED) is 0.309. The lowest BCUT2D eigenvalue weighted by Gasteiger charge is -2.08. The molecule has 2 heterocycles. The minimum atomic E-state index is -0.361. The molecule has 36 heavy (non-hydrogen) atoms. The molecule has 0 fully saturated rings. The minimum absolute atomic E-state index is 0.0562. The van der Waals surface area contributed by atoms with E-state index in [4.69, 9.17) is 10.5 Å². The van der Waals surface area contributed by atoms with E-state index in [9.17, 15) is 14.0 Å². The Kier molecular flexibility index (Phi) is 7.87. The van der Waals surface area contributed by atoms with Gasteiger partial charge in [0, 0.05) is 44.4 Å². The summed E-state index contributed by atoms with van der Waals surface area (Å²) in [7, 11) is 0. The molecule has 8 heteroatoms. The molecule has 2 aromatic heterocycles. The molecule has 0 radical (unpaired) electrons. The Bertz CT molecular complexity index is 1370. The van der Waals surface area contributed by atoms with Crippen molar-refractivity contribution in [2.24, 2.45) is 5.73 Å². The third kappa shape index (κ3) is 6.43. The van der Waals surface area contributed by atoms with Gasteiger partial charge in [0.05, 0.1) is 17.0 Å². The number of Topliss-reactive ketones (excluding diaryl/α,β-unsaturated/α-hetero) is 1. The van der Waals surface area contributed by atoms with Crippen molar-refractivity contribution in [2.45, 2.75) is 19.8 Å². The van der Waals surface area contributed by atoms with Crippen molar-refractivity contribution < 1.29 is 18.7 Å². The number of pyridine rings is 1. The Hall–Kier alpha value is -4.30. The summed E-state index contributed by atoms with van der Waals surface area (Å²) in [6, 6.07) is 17.2. The highest BCUT2D eigenvalue weighted by Crippen LogP contribution is 2.26. The van der Waals surface area contributed by atoms with Gasteiger partial charge in [-0.15, -0.1) is 0 Å². The summed E-state index contributed by atoms with van der Waals surface area (Å²) in [5.74, 6) is 0.538. The van der Waals surface area contributed by atoms with Gasteiger partial charge in [0.25, 0.3) is 5.91 Å². The number of halogens is 1. The second-order valence-electron chi connectivity index (χ2n) is 8.46. The van der Waals surface area contributed by atoms with Gasteiger partial charge in [0.15, 0.2) is 0 Å². The van der Waals surface area contributed by atoms with E-state index < -0.39 is 0 Å². The van der Waals surface area contributed by atoms with Gasteiger partial charge in [-0.1, -0.05) is 29.8 Å². The zero-order chi connectivity index (χ0) is 25.5. The molecule has 7 nitrogen and oxygen atoms in total. The zero-order valence-corrected chi connectivity index (χ0v) is 19.9. The number of aromatic amines is 1. The SMILES string of the molecule is Cc1ccc(F)c(CC(=O)Cc2ccc(Oc3ccnc(-c4cc(C(=O)NCCN)c[nH]4)c3)cc2)c1. The number of hydrogen-bond acceptors (Lipinski definition) is 5. The van der Waals surface area contributed by atoms with Crippen LogP contribution < -0.4 is 15.8 Å². The molecule has 0 bridgehead atoms. The molecule has 4 rings (SSSR count). The van der Waals surface area contributed by atoms with Crippen molar-refractivity contribution in [1.82, 2.24) is 15.3 Å². The number of carbonyl (C=O) groups is 2. The van der Waals surface area contributed by atoms with Gasteiger partial charge in [0.1, 0.15) is 23.1 Å². The van der Waals surface area contributed by atoms with Gasteiger partial charge in [-0.25, -0.2) is 4.39 Å². The molecule has 0 saturated carbocycles. The average Bonchev–Trinajstić information content (AvgIpc) is 3.37. The Morgan fingerprint density at radius 1 is 1.03 bits per heavy atom. The number of nitrogens with zero attached hydrogens (tertiary/aromatic N) is 1. The van der Waals surface area contributed by atoms with Crippen LogP contribution >= 0.6 is 0 Å². The lowest BCUT2D eigenvalue weighted by molar-refractivity contribution is -0.117. The van der Waals surface area contributed by atoms with Crippen molar-refractivity contribution in [3.8, 4) is 22.9 Å². The smallest absolute Gasteiger partial charge is 0.252 e. The molecule has 1 amide bonds. The van der Waals surface area contributed by atoms with Gasteiger partial charge in [-0.2, -0.15) is 0 Å². The van der Waals surface area contributed by atoms with E-state index in [2.05, 4.69) is 15.3 Å². The van der Waals surface area contributed by atoms with E-state index in [0.29, 0.717) is 47.1 Å². The third-order valence-corrected chi connectivity index (χ3v) is 5.53. The maximum absolute atomic E-state index is 13.9. The summed E-state index contributed by atoms with van der Waals surface area (Å²) in [6.07, 6.45) is 3.50. The molecular weight excluding hydrogens is 459 g/mol. The van der Waals surface area contributed by atoms with Gasteiger partial charge in [0.2, 0.25) is 0 Å². The number of nitrogens with two attached hydrogens (primary N) is 1. The number of ketones is 1. The number of amides is 1. The Balaban J connectivity index is 1.37. The topological polar surface area (TPSA) is 110 Å². The van der Waals surface area contributed by atoms with Crippen LogP contribution in [0.2, 0.25) is 0 Å². The number of nitrogens with one attached hydrogen (secondary N) is 2. The summed E-state index contributed by atoms with van der Waals surface area (Å²) in [5.41, 5.74) is 9.37. The fourth-order valence-electron chi connectivity index (χ4n) is 3.74. The van der Waals surface area contributed by atoms with Crippen LogP contribution in [0.5, 0.6) is 11.5 Å². The predicted molar refractivity (Wildman–Crippen MR) is 135 cm³/mol. The molecule has 0 spiro atoms. The van der Waals surface area contributed by atoms with Crippen LogP contribution in [0.25, 0.3) is 11.4 Å². The first-order chi connectivity index (χ1) is 17.4. The summed E-state index contributed by atoms with van der Waals surface area (Å²) in [4.78, 5) is 32.0.